The fourth-order valence-electron chi connectivity index (χ4n) is 1.38. The Labute approximate surface area is 122 Å². The van der Waals surface area contributed by atoms with Crippen molar-refractivity contribution in [2.24, 2.45) is 0 Å². The van der Waals surface area contributed by atoms with Crippen LogP contribution in [0.1, 0.15) is 10.7 Å². The number of hydrogen-bond acceptors (Lipinski definition) is 8. The van der Waals surface area contributed by atoms with Crippen LogP contribution >= 0.6 is 22.7 Å². The van der Waals surface area contributed by atoms with Crippen LogP contribution in [0.5, 0.6) is 0 Å². The van der Waals surface area contributed by atoms with Crippen molar-refractivity contribution >= 4 is 43.4 Å². The molecule has 0 unspecified atom stereocenters. The molecule has 2 aromatic rings. The van der Waals surface area contributed by atoms with E-state index in [0.29, 0.717) is 17.0 Å². The number of nitrogen functional groups attached to an aromatic ring is 1. The van der Waals surface area contributed by atoms with E-state index in [2.05, 4.69) is 9.71 Å². The van der Waals surface area contributed by atoms with Crippen LogP contribution in [0.4, 0.5) is 10.7 Å². The van der Waals surface area contributed by atoms with Crippen LogP contribution in [0, 0.1) is 17.0 Å². The highest BCUT2D eigenvalue weighted by Gasteiger charge is 2.24. The minimum Gasteiger partial charge on any atom is -0.385 e. The summed E-state index contributed by atoms with van der Waals surface area (Å²) >= 11 is 2.07. The zero-order valence-corrected chi connectivity index (χ0v) is 12.6. The molecule has 0 bridgehead atoms. The second-order valence-corrected chi connectivity index (χ2v) is 7.89. The molecule has 2 rings (SSSR count). The summed E-state index contributed by atoms with van der Waals surface area (Å²) < 4.78 is 26.1. The smallest absolute Gasteiger partial charge is 0.304 e. The van der Waals surface area contributed by atoms with Crippen LogP contribution in [0.2, 0.25) is 0 Å². The summed E-state index contributed by atoms with van der Waals surface area (Å²) in [6, 6.07) is 0.953. The van der Waals surface area contributed by atoms with Gasteiger partial charge in [0.2, 0.25) is 0 Å². The number of nitrogens with two attached hydrogens (primary N) is 1. The second-order valence-electron chi connectivity index (χ2n) is 3.75. The Morgan fingerprint density at radius 3 is 2.75 bits per heavy atom. The quantitative estimate of drug-likeness (QED) is 0.629. The molecule has 108 valence electrons. The molecule has 11 heteroatoms. The number of thiazole rings is 1. The molecule has 3 N–H and O–H groups in total. The third-order valence-corrected chi connectivity index (χ3v) is 5.94. The van der Waals surface area contributed by atoms with Crippen molar-refractivity contribution in [1.82, 2.24) is 9.71 Å². The number of aromatic nitrogens is 1. The van der Waals surface area contributed by atoms with E-state index in [9.17, 15) is 18.5 Å². The summed E-state index contributed by atoms with van der Waals surface area (Å²) in [5.41, 5.74) is 5.61. The molecule has 0 fully saturated rings. The first kappa shape index (κ1) is 14.8. The van der Waals surface area contributed by atoms with E-state index in [4.69, 9.17) is 5.73 Å². The molecule has 0 spiro atoms. The molecular formula is C9H10N4O4S3. The molecule has 0 saturated carbocycles. The average Bonchev–Trinajstić information content (AvgIpc) is 2.93. The lowest BCUT2D eigenvalue weighted by atomic mass is 10.5. The summed E-state index contributed by atoms with van der Waals surface area (Å²) in [7, 11) is -3.84. The topological polar surface area (TPSA) is 128 Å². The highest BCUT2D eigenvalue weighted by molar-refractivity contribution is 7.91. The Hall–Kier alpha value is -1.56. The number of aryl methyl sites for hydroxylation is 1. The van der Waals surface area contributed by atoms with E-state index >= 15 is 0 Å². The van der Waals surface area contributed by atoms with Crippen LogP contribution in [0.3, 0.4) is 0 Å². The zero-order chi connectivity index (χ0) is 14.9. The van der Waals surface area contributed by atoms with Crippen molar-refractivity contribution in [3.05, 3.63) is 32.3 Å². The van der Waals surface area contributed by atoms with E-state index in [1.165, 1.54) is 11.3 Å². The molecule has 0 aliphatic carbocycles. The maximum Gasteiger partial charge on any atom is 0.304 e. The van der Waals surface area contributed by atoms with Crippen LogP contribution in [0.25, 0.3) is 0 Å². The minimum atomic E-state index is -3.84. The van der Waals surface area contributed by atoms with Gasteiger partial charge in [-0.3, -0.25) is 10.1 Å². The molecule has 0 atom stereocenters. The van der Waals surface area contributed by atoms with E-state index in [0.717, 1.165) is 11.1 Å². The van der Waals surface area contributed by atoms with Gasteiger partial charge in [0, 0.05) is 11.4 Å². The Morgan fingerprint density at radius 2 is 2.25 bits per heavy atom. The Kier molecular flexibility index (Phi) is 4.04. The van der Waals surface area contributed by atoms with Crippen LogP contribution < -0.4 is 10.5 Å². The highest BCUT2D eigenvalue weighted by Crippen LogP contribution is 2.34. The van der Waals surface area contributed by atoms with Crippen molar-refractivity contribution in [2.75, 3.05) is 5.73 Å². The van der Waals surface area contributed by atoms with Gasteiger partial charge < -0.3 is 5.73 Å². The molecule has 20 heavy (non-hydrogen) atoms. The van der Waals surface area contributed by atoms with Crippen molar-refractivity contribution < 1.29 is 13.3 Å². The average molecular weight is 334 g/mol. The van der Waals surface area contributed by atoms with Gasteiger partial charge in [-0.05, 0) is 6.92 Å². The predicted octanol–water partition coefficient (Wildman–Crippen LogP) is 1.48. The Balaban J connectivity index is 2.18. The van der Waals surface area contributed by atoms with Crippen LogP contribution in [-0.2, 0) is 16.6 Å². The Morgan fingerprint density at radius 1 is 1.55 bits per heavy atom. The number of rotatable bonds is 5. The van der Waals surface area contributed by atoms with Crippen molar-refractivity contribution in [3.63, 3.8) is 0 Å². The molecule has 0 amide bonds. The number of nitro groups is 1. The maximum atomic E-state index is 12.0. The SMILES string of the molecule is Cc1nc(CNS(=O)(=O)c2cc([N+](=O)[O-])c(N)s2)cs1. The maximum absolute atomic E-state index is 12.0. The third kappa shape index (κ3) is 3.12. The largest absolute Gasteiger partial charge is 0.385 e. The van der Waals surface area contributed by atoms with Crippen molar-refractivity contribution in [3.8, 4) is 0 Å². The van der Waals surface area contributed by atoms with Gasteiger partial charge in [0.1, 0.15) is 4.21 Å². The monoisotopic (exact) mass is 334 g/mol. The van der Waals surface area contributed by atoms with Crippen molar-refractivity contribution in [2.45, 2.75) is 17.7 Å². The van der Waals surface area contributed by atoms with Gasteiger partial charge in [-0.1, -0.05) is 11.3 Å². The summed E-state index contributed by atoms with van der Waals surface area (Å²) in [6.45, 7) is 1.84. The lowest BCUT2D eigenvalue weighted by Crippen LogP contribution is -2.22. The van der Waals surface area contributed by atoms with Gasteiger partial charge in [-0.25, -0.2) is 18.1 Å². The molecule has 0 aromatic carbocycles. The first-order valence-electron chi connectivity index (χ1n) is 5.24. The van der Waals surface area contributed by atoms with Crippen molar-refractivity contribution in [1.29, 1.82) is 0 Å². The number of sulfonamides is 1. The van der Waals surface area contributed by atoms with Gasteiger partial charge in [0.05, 0.1) is 22.2 Å². The molecule has 8 nitrogen and oxygen atoms in total. The third-order valence-electron chi connectivity index (χ3n) is 2.29. The van der Waals surface area contributed by atoms with Crippen LogP contribution in [-0.4, -0.2) is 18.3 Å². The predicted molar refractivity (Wildman–Crippen MR) is 76.3 cm³/mol. The molecule has 0 aliphatic heterocycles. The van der Waals surface area contributed by atoms with Gasteiger partial charge in [-0.2, -0.15) is 0 Å². The van der Waals surface area contributed by atoms with Gasteiger partial charge in [0.15, 0.2) is 5.00 Å². The molecule has 0 saturated heterocycles. The van der Waals surface area contributed by atoms with Gasteiger partial charge in [0.25, 0.3) is 10.0 Å². The van der Waals surface area contributed by atoms with Gasteiger partial charge >= 0.3 is 5.69 Å². The number of nitrogens with zero attached hydrogens (tertiary/aromatic N) is 2. The normalized spacial score (nSPS) is 11.7. The fraction of sp³-hybridized carbons (Fsp3) is 0.222. The second kappa shape index (κ2) is 5.44. The van der Waals surface area contributed by atoms with E-state index < -0.39 is 20.6 Å². The molecular weight excluding hydrogens is 324 g/mol. The first-order valence-corrected chi connectivity index (χ1v) is 8.42. The van der Waals surface area contributed by atoms with Gasteiger partial charge in [-0.15, -0.1) is 11.3 Å². The summed E-state index contributed by atoms with van der Waals surface area (Å²) in [4.78, 5) is 14.1. The minimum absolute atomic E-state index is 0.0261. The van der Waals surface area contributed by atoms with E-state index in [-0.39, 0.29) is 15.8 Å². The summed E-state index contributed by atoms with van der Waals surface area (Å²) in [6.07, 6.45) is 0. The number of nitrogens with one attached hydrogen (secondary N) is 1. The lowest BCUT2D eigenvalue weighted by molar-refractivity contribution is -0.383. The summed E-state index contributed by atoms with van der Waals surface area (Å²) in [5, 5.41) is 13.1. The molecule has 2 aromatic heterocycles. The fourth-order valence-corrected chi connectivity index (χ4v) is 4.25. The highest BCUT2D eigenvalue weighted by atomic mass is 32.2. The van der Waals surface area contributed by atoms with E-state index in [1.54, 1.807) is 5.38 Å². The molecule has 0 aliphatic rings. The van der Waals surface area contributed by atoms with Crippen LogP contribution in [0.15, 0.2) is 15.7 Å². The first-order chi connectivity index (χ1) is 9.29. The summed E-state index contributed by atoms with van der Waals surface area (Å²) in [5.74, 6) is 0. The lowest BCUT2D eigenvalue weighted by Gasteiger charge is -2.01. The number of thiophene rings is 1. The molecule has 0 radical (unpaired) electrons. The number of hydrogen-bond donors (Lipinski definition) is 2. The Bertz CT molecular complexity index is 749. The number of anilines is 1. The standard InChI is InChI=1S/C9H10N4O4S3/c1-5-12-6(4-18-5)3-11-20(16,17)8-2-7(13(14)15)9(10)19-8/h2,4,11H,3,10H2,1H3. The molecule has 2 heterocycles. The zero-order valence-electron chi connectivity index (χ0n) is 10.2. The van der Waals surface area contributed by atoms with E-state index in [1.807, 2.05) is 6.92 Å².